The molecule has 0 fully saturated rings. The molecule has 1 aliphatic rings. The Bertz CT molecular complexity index is 1040. The number of nitrogens with one attached hydrogen (secondary N) is 1. The molecule has 1 unspecified atom stereocenters. The van der Waals surface area contributed by atoms with Crippen LogP contribution in [-0.4, -0.2) is 31.0 Å². The van der Waals surface area contributed by atoms with Crippen LogP contribution in [0.3, 0.4) is 0 Å². The maximum Gasteiger partial charge on any atom is 0.181 e. The Morgan fingerprint density at radius 2 is 2.15 bits per heavy atom. The van der Waals surface area contributed by atoms with Crippen molar-refractivity contribution in [1.29, 1.82) is 0 Å². The van der Waals surface area contributed by atoms with E-state index in [-0.39, 0.29) is 0 Å². The molecular formula is C19H18N6S. The highest BCUT2D eigenvalue weighted by Gasteiger charge is 2.20. The number of hydrogen-bond donors (Lipinski definition) is 1. The number of aryl methyl sites for hydroxylation is 1. The highest BCUT2D eigenvalue weighted by molar-refractivity contribution is 7.16. The second kappa shape index (κ2) is 6.49. The van der Waals surface area contributed by atoms with Crippen molar-refractivity contribution in [2.45, 2.75) is 25.3 Å². The smallest absolute Gasteiger partial charge is 0.181 e. The fraction of sp³-hybridized carbons (Fsp3) is 0.263. The number of rotatable bonds is 4. The van der Waals surface area contributed by atoms with Crippen LogP contribution in [0, 0.1) is 0 Å². The molecule has 0 amide bonds. The summed E-state index contributed by atoms with van der Waals surface area (Å²) in [7, 11) is 0. The fourth-order valence-electron chi connectivity index (χ4n) is 3.52. The van der Waals surface area contributed by atoms with E-state index < -0.39 is 0 Å². The Kier molecular flexibility index (Phi) is 3.86. The highest BCUT2D eigenvalue weighted by atomic mass is 32.1. The molecule has 5 rings (SSSR count). The van der Waals surface area contributed by atoms with Crippen molar-refractivity contribution in [3.05, 3.63) is 54.1 Å². The minimum atomic E-state index is 0.406. The molecule has 4 aromatic rings. The number of pyridine rings is 1. The third kappa shape index (κ3) is 2.74. The van der Waals surface area contributed by atoms with Crippen molar-refractivity contribution in [3.8, 4) is 11.5 Å². The normalized spacial score (nSPS) is 16.5. The predicted octanol–water partition coefficient (Wildman–Crippen LogP) is 3.94. The van der Waals surface area contributed by atoms with Crippen molar-refractivity contribution < 1.29 is 0 Å². The van der Waals surface area contributed by atoms with Gasteiger partial charge in [-0.05, 0) is 36.4 Å². The molecule has 0 radical (unpaired) electrons. The first kappa shape index (κ1) is 15.5. The van der Waals surface area contributed by atoms with Crippen LogP contribution >= 0.6 is 11.3 Å². The predicted molar refractivity (Wildman–Crippen MR) is 103 cm³/mol. The van der Waals surface area contributed by atoms with E-state index in [1.165, 1.54) is 12.2 Å². The highest BCUT2D eigenvalue weighted by Crippen LogP contribution is 2.29. The molecule has 0 aliphatic carbocycles. The molecule has 5 heterocycles. The Hall–Kier alpha value is -2.80. The van der Waals surface area contributed by atoms with Gasteiger partial charge in [-0.2, -0.15) is 0 Å². The summed E-state index contributed by atoms with van der Waals surface area (Å²) in [5.41, 5.74) is 0.792. The Balaban J connectivity index is 1.47. The van der Waals surface area contributed by atoms with E-state index in [0.717, 1.165) is 41.1 Å². The van der Waals surface area contributed by atoms with Crippen LogP contribution in [0.5, 0.6) is 0 Å². The van der Waals surface area contributed by atoms with Gasteiger partial charge in [-0.1, -0.05) is 6.07 Å². The van der Waals surface area contributed by atoms with Gasteiger partial charge in [-0.25, -0.2) is 15.0 Å². The molecule has 6 nitrogen and oxygen atoms in total. The number of imidazole rings is 1. The van der Waals surface area contributed by atoms with Gasteiger partial charge in [0, 0.05) is 31.6 Å². The molecule has 130 valence electrons. The van der Waals surface area contributed by atoms with E-state index in [9.17, 15) is 0 Å². The lowest BCUT2D eigenvalue weighted by atomic mass is 10.0. The van der Waals surface area contributed by atoms with Crippen molar-refractivity contribution in [2.24, 2.45) is 0 Å². The Morgan fingerprint density at radius 3 is 3.08 bits per heavy atom. The number of aromatic nitrogens is 5. The zero-order chi connectivity index (χ0) is 17.3. The molecule has 7 heteroatoms. The number of thiophene rings is 1. The van der Waals surface area contributed by atoms with Crippen molar-refractivity contribution in [2.75, 3.05) is 11.9 Å². The molecular weight excluding hydrogens is 344 g/mol. The lowest BCUT2D eigenvalue weighted by molar-refractivity contribution is 0.412. The standard InChI is InChI=1S/C19H18N6S/c1-2-8-20-15(5-1)18-23-17(14-7-11-26-19(14)24-18)22-12-13-4-3-6-16-21-9-10-25(13)16/h1-2,5,7-11,13H,3-4,6,12H2,(H,22,23,24). The van der Waals surface area contributed by atoms with Crippen LogP contribution < -0.4 is 5.32 Å². The fourth-order valence-corrected chi connectivity index (χ4v) is 4.28. The number of anilines is 1. The average molecular weight is 362 g/mol. The first-order chi connectivity index (χ1) is 12.9. The Labute approximate surface area is 155 Å². The SMILES string of the molecule is c1ccc(-c2nc(NCC3CCCc4nccn43)c3ccsc3n2)nc1. The summed E-state index contributed by atoms with van der Waals surface area (Å²) in [6.45, 7) is 0.826. The molecule has 1 atom stereocenters. The van der Waals surface area contributed by atoms with Gasteiger partial charge in [-0.15, -0.1) is 11.3 Å². The third-order valence-electron chi connectivity index (χ3n) is 4.80. The van der Waals surface area contributed by atoms with Gasteiger partial charge < -0.3 is 9.88 Å². The van der Waals surface area contributed by atoms with Crippen molar-refractivity contribution in [3.63, 3.8) is 0 Å². The van der Waals surface area contributed by atoms with Gasteiger partial charge in [0.1, 0.15) is 22.2 Å². The maximum atomic E-state index is 4.77. The van der Waals surface area contributed by atoms with Gasteiger partial charge in [0.05, 0.1) is 11.4 Å². The summed E-state index contributed by atoms with van der Waals surface area (Å²) in [5, 5.41) is 6.69. The van der Waals surface area contributed by atoms with Gasteiger partial charge in [0.15, 0.2) is 5.82 Å². The zero-order valence-corrected chi connectivity index (χ0v) is 15.0. The largest absolute Gasteiger partial charge is 0.367 e. The quantitative estimate of drug-likeness (QED) is 0.595. The minimum Gasteiger partial charge on any atom is -0.367 e. The first-order valence-electron chi connectivity index (χ1n) is 8.81. The summed E-state index contributed by atoms with van der Waals surface area (Å²) >= 11 is 1.63. The molecule has 0 spiro atoms. The second-order valence-corrected chi connectivity index (χ2v) is 7.32. The van der Waals surface area contributed by atoms with Crippen LogP contribution in [-0.2, 0) is 6.42 Å². The molecule has 1 N–H and O–H groups in total. The molecule has 4 aromatic heterocycles. The summed E-state index contributed by atoms with van der Waals surface area (Å²) < 4.78 is 2.29. The molecule has 26 heavy (non-hydrogen) atoms. The number of nitrogens with zero attached hydrogens (tertiary/aromatic N) is 5. The van der Waals surface area contributed by atoms with E-state index in [1.807, 2.05) is 24.4 Å². The van der Waals surface area contributed by atoms with E-state index in [0.29, 0.717) is 11.9 Å². The summed E-state index contributed by atoms with van der Waals surface area (Å²) in [6.07, 6.45) is 9.15. The third-order valence-corrected chi connectivity index (χ3v) is 5.61. The lowest BCUT2D eigenvalue weighted by Crippen LogP contribution is -2.24. The van der Waals surface area contributed by atoms with Crippen molar-refractivity contribution >= 4 is 27.4 Å². The minimum absolute atomic E-state index is 0.406. The Morgan fingerprint density at radius 1 is 1.15 bits per heavy atom. The molecule has 0 aromatic carbocycles. The van der Waals surface area contributed by atoms with E-state index in [1.54, 1.807) is 17.5 Å². The monoisotopic (exact) mass is 362 g/mol. The zero-order valence-electron chi connectivity index (χ0n) is 14.2. The lowest BCUT2D eigenvalue weighted by Gasteiger charge is -2.25. The van der Waals surface area contributed by atoms with E-state index in [2.05, 4.69) is 42.5 Å². The molecule has 0 saturated carbocycles. The van der Waals surface area contributed by atoms with Crippen LogP contribution in [0.4, 0.5) is 5.82 Å². The molecule has 0 bridgehead atoms. The maximum absolute atomic E-state index is 4.77. The second-order valence-electron chi connectivity index (χ2n) is 6.43. The summed E-state index contributed by atoms with van der Waals surface area (Å²) in [6, 6.07) is 8.28. The van der Waals surface area contributed by atoms with Crippen molar-refractivity contribution in [1.82, 2.24) is 24.5 Å². The molecule has 0 saturated heterocycles. The summed E-state index contributed by atoms with van der Waals surface area (Å²) in [5.74, 6) is 2.72. The van der Waals surface area contributed by atoms with Gasteiger partial charge in [0.25, 0.3) is 0 Å². The van der Waals surface area contributed by atoms with Gasteiger partial charge in [-0.3, -0.25) is 4.98 Å². The average Bonchev–Trinajstić information content (AvgIpc) is 3.36. The van der Waals surface area contributed by atoms with Crippen LogP contribution in [0.1, 0.15) is 24.7 Å². The van der Waals surface area contributed by atoms with Gasteiger partial charge in [0.2, 0.25) is 0 Å². The first-order valence-corrected chi connectivity index (χ1v) is 9.69. The number of fused-ring (bicyclic) bond motifs is 2. The van der Waals surface area contributed by atoms with Gasteiger partial charge >= 0.3 is 0 Å². The topological polar surface area (TPSA) is 68.5 Å². The van der Waals surface area contributed by atoms with Crippen LogP contribution in [0.25, 0.3) is 21.7 Å². The van der Waals surface area contributed by atoms with E-state index in [4.69, 9.17) is 4.98 Å². The number of hydrogen-bond acceptors (Lipinski definition) is 6. The molecule has 1 aliphatic heterocycles. The van der Waals surface area contributed by atoms with E-state index >= 15 is 0 Å². The van der Waals surface area contributed by atoms with Crippen LogP contribution in [0.2, 0.25) is 0 Å². The van der Waals surface area contributed by atoms with Crippen LogP contribution in [0.15, 0.2) is 48.2 Å². The summed E-state index contributed by atoms with van der Waals surface area (Å²) in [4.78, 5) is 19.3.